The predicted octanol–water partition coefficient (Wildman–Crippen LogP) is 4.42. The van der Waals surface area contributed by atoms with Gasteiger partial charge in [-0.3, -0.25) is 0 Å². The zero-order valence-corrected chi connectivity index (χ0v) is 10.1. The molecule has 0 heterocycles. The molecule has 1 aromatic rings. The lowest BCUT2D eigenvalue weighted by Gasteiger charge is -2.13. The molecule has 1 aliphatic carbocycles. The van der Waals surface area contributed by atoms with Crippen molar-refractivity contribution >= 4 is 27.5 Å². The second-order valence-corrected chi connectivity index (χ2v) is 4.86. The molecule has 0 unspecified atom stereocenters. The first-order valence-corrected chi connectivity index (χ1v) is 6.04. The van der Waals surface area contributed by atoms with Gasteiger partial charge in [0.2, 0.25) is 0 Å². The van der Waals surface area contributed by atoms with Gasteiger partial charge in [-0.1, -0.05) is 11.6 Å². The number of hydrogen-bond donors (Lipinski definition) is 0. The van der Waals surface area contributed by atoms with Gasteiger partial charge in [0.25, 0.3) is 0 Å². The third-order valence-electron chi connectivity index (χ3n) is 2.50. The third-order valence-corrected chi connectivity index (χ3v) is 3.71. The average Bonchev–Trinajstić information content (AvgIpc) is 2.64. The Morgan fingerprint density at radius 2 is 2.00 bits per heavy atom. The maximum Gasteiger partial charge on any atom is 0.120 e. The van der Waals surface area contributed by atoms with Gasteiger partial charge in [0.1, 0.15) is 5.75 Å². The maximum absolute atomic E-state index is 5.89. The highest BCUT2D eigenvalue weighted by atomic mass is 79.9. The summed E-state index contributed by atoms with van der Waals surface area (Å²) in [7, 11) is 0. The van der Waals surface area contributed by atoms with Crippen molar-refractivity contribution in [3.63, 3.8) is 0 Å². The lowest BCUT2D eigenvalue weighted by Crippen LogP contribution is -2.10. The van der Waals surface area contributed by atoms with Crippen molar-refractivity contribution in [1.29, 1.82) is 0 Å². The van der Waals surface area contributed by atoms with E-state index in [1.165, 1.54) is 25.7 Å². The minimum atomic E-state index is 0.406. The van der Waals surface area contributed by atoms with Gasteiger partial charge < -0.3 is 4.74 Å². The summed E-state index contributed by atoms with van der Waals surface area (Å²) in [6.07, 6.45) is 5.35. The molecule has 1 fully saturated rings. The summed E-state index contributed by atoms with van der Waals surface area (Å²) in [6, 6.07) is 5.71. The van der Waals surface area contributed by atoms with E-state index in [9.17, 15) is 0 Å². The number of rotatable bonds is 2. The van der Waals surface area contributed by atoms with Crippen LogP contribution < -0.4 is 4.74 Å². The number of hydrogen-bond acceptors (Lipinski definition) is 1. The van der Waals surface area contributed by atoms with Crippen LogP contribution in [0.15, 0.2) is 22.7 Å². The lowest BCUT2D eigenvalue weighted by atomic mass is 10.3. The first-order chi connectivity index (χ1) is 6.75. The highest BCUT2D eigenvalue weighted by Gasteiger charge is 2.16. The van der Waals surface area contributed by atoms with Crippen LogP contribution in [0.2, 0.25) is 5.02 Å². The Hall–Kier alpha value is -0.210. The van der Waals surface area contributed by atoms with E-state index in [1.807, 2.05) is 18.2 Å². The van der Waals surface area contributed by atoms with Gasteiger partial charge in [0.05, 0.1) is 11.1 Å². The van der Waals surface area contributed by atoms with Crippen LogP contribution in [-0.4, -0.2) is 6.10 Å². The first-order valence-electron chi connectivity index (χ1n) is 4.87. The van der Waals surface area contributed by atoms with Crippen LogP contribution >= 0.6 is 27.5 Å². The molecule has 3 heteroatoms. The first kappa shape index (κ1) is 10.3. The summed E-state index contributed by atoms with van der Waals surface area (Å²) in [6.45, 7) is 0. The fourth-order valence-corrected chi connectivity index (χ4v) is 2.22. The van der Waals surface area contributed by atoms with Gasteiger partial charge in [-0.05, 0) is 59.8 Å². The summed E-state index contributed by atoms with van der Waals surface area (Å²) < 4.78 is 6.72. The number of benzene rings is 1. The van der Waals surface area contributed by atoms with Gasteiger partial charge in [-0.2, -0.15) is 0 Å². The van der Waals surface area contributed by atoms with Crippen LogP contribution in [0.3, 0.4) is 0 Å². The molecular formula is C11H12BrClO. The Labute approximate surface area is 97.5 Å². The van der Waals surface area contributed by atoms with Gasteiger partial charge in [-0.25, -0.2) is 0 Å². The van der Waals surface area contributed by atoms with Gasteiger partial charge in [-0.15, -0.1) is 0 Å². The molecule has 1 saturated carbocycles. The van der Waals surface area contributed by atoms with Crippen LogP contribution in [0.1, 0.15) is 25.7 Å². The van der Waals surface area contributed by atoms with E-state index in [0.29, 0.717) is 6.10 Å². The van der Waals surface area contributed by atoms with E-state index >= 15 is 0 Å². The van der Waals surface area contributed by atoms with Gasteiger partial charge in [0.15, 0.2) is 0 Å². The molecule has 0 aromatic heterocycles. The molecule has 0 amide bonds. The van der Waals surface area contributed by atoms with Crippen molar-refractivity contribution in [1.82, 2.24) is 0 Å². The number of halogens is 2. The minimum Gasteiger partial charge on any atom is -0.490 e. The largest absolute Gasteiger partial charge is 0.490 e. The van der Waals surface area contributed by atoms with E-state index in [1.54, 1.807) is 0 Å². The van der Waals surface area contributed by atoms with E-state index in [2.05, 4.69) is 15.9 Å². The molecule has 1 aliphatic rings. The zero-order chi connectivity index (χ0) is 9.97. The van der Waals surface area contributed by atoms with Gasteiger partial charge in [0, 0.05) is 4.47 Å². The van der Waals surface area contributed by atoms with Crippen LogP contribution in [0.4, 0.5) is 0 Å². The minimum absolute atomic E-state index is 0.406. The van der Waals surface area contributed by atoms with Crippen LogP contribution in [0.5, 0.6) is 5.75 Å². The SMILES string of the molecule is Clc1ccc(OC2CCCC2)cc1Br. The molecule has 14 heavy (non-hydrogen) atoms. The highest BCUT2D eigenvalue weighted by Crippen LogP contribution is 2.29. The molecule has 0 aliphatic heterocycles. The molecule has 1 aromatic carbocycles. The Morgan fingerprint density at radius 1 is 1.29 bits per heavy atom. The van der Waals surface area contributed by atoms with Crippen LogP contribution in [0, 0.1) is 0 Å². The van der Waals surface area contributed by atoms with Crippen molar-refractivity contribution in [3.05, 3.63) is 27.7 Å². The van der Waals surface area contributed by atoms with Crippen molar-refractivity contribution in [3.8, 4) is 5.75 Å². The standard InChI is InChI=1S/C11H12BrClO/c12-10-7-9(5-6-11(10)13)14-8-3-1-2-4-8/h5-8H,1-4H2. The Morgan fingerprint density at radius 3 is 2.64 bits per heavy atom. The summed E-state index contributed by atoms with van der Waals surface area (Å²) in [5.74, 6) is 0.910. The molecular weight excluding hydrogens is 263 g/mol. The summed E-state index contributed by atoms with van der Waals surface area (Å²) in [4.78, 5) is 0. The van der Waals surface area contributed by atoms with E-state index in [0.717, 1.165) is 15.2 Å². The Kier molecular flexibility index (Phi) is 3.34. The second kappa shape index (κ2) is 4.54. The molecule has 0 N–H and O–H groups in total. The van der Waals surface area contributed by atoms with Crippen molar-refractivity contribution in [2.24, 2.45) is 0 Å². The lowest BCUT2D eigenvalue weighted by molar-refractivity contribution is 0.210. The third kappa shape index (κ3) is 2.43. The molecule has 76 valence electrons. The molecule has 1 nitrogen and oxygen atoms in total. The van der Waals surface area contributed by atoms with E-state index in [-0.39, 0.29) is 0 Å². The normalized spacial score (nSPS) is 17.3. The zero-order valence-electron chi connectivity index (χ0n) is 7.80. The van der Waals surface area contributed by atoms with Crippen LogP contribution in [0.25, 0.3) is 0 Å². The molecule has 0 atom stereocenters. The molecule has 0 bridgehead atoms. The summed E-state index contributed by atoms with van der Waals surface area (Å²) in [5, 5.41) is 0.726. The Bertz CT molecular complexity index is 321. The highest BCUT2D eigenvalue weighted by molar-refractivity contribution is 9.10. The van der Waals surface area contributed by atoms with Gasteiger partial charge >= 0.3 is 0 Å². The fourth-order valence-electron chi connectivity index (χ4n) is 1.75. The van der Waals surface area contributed by atoms with E-state index in [4.69, 9.17) is 16.3 Å². The second-order valence-electron chi connectivity index (χ2n) is 3.60. The quantitative estimate of drug-likeness (QED) is 0.776. The topological polar surface area (TPSA) is 9.23 Å². The smallest absolute Gasteiger partial charge is 0.120 e. The predicted molar refractivity (Wildman–Crippen MR) is 62.0 cm³/mol. The maximum atomic E-state index is 5.89. The summed E-state index contributed by atoms with van der Waals surface area (Å²) in [5.41, 5.74) is 0. The monoisotopic (exact) mass is 274 g/mol. The summed E-state index contributed by atoms with van der Waals surface area (Å²) >= 11 is 9.28. The molecule has 0 spiro atoms. The number of ether oxygens (including phenoxy) is 1. The van der Waals surface area contributed by atoms with Crippen LogP contribution in [-0.2, 0) is 0 Å². The van der Waals surface area contributed by atoms with Crippen molar-refractivity contribution < 1.29 is 4.74 Å². The Balaban J connectivity index is 2.05. The average molecular weight is 276 g/mol. The van der Waals surface area contributed by atoms with E-state index < -0.39 is 0 Å². The van der Waals surface area contributed by atoms with Crippen molar-refractivity contribution in [2.75, 3.05) is 0 Å². The molecule has 0 radical (unpaired) electrons. The molecule has 0 saturated heterocycles. The van der Waals surface area contributed by atoms with Crippen molar-refractivity contribution in [2.45, 2.75) is 31.8 Å². The fraction of sp³-hybridized carbons (Fsp3) is 0.455. The molecule has 2 rings (SSSR count).